The quantitative estimate of drug-likeness (QED) is 0.257. The van der Waals surface area contributed by atoms with Gasteiger partial charge in [-0.05, 0) is 30.2 Å². The van der Waals surface area contributed by atoms with E-state index in [4.69, 9.17) is 0 Å². The molecule has 0 saturated carbocycles. The van der Waals surface area contributed by atoms with Crippen molar-refractivity contribution in [2.75, 3.05) is 6.54 Å². The average molecular weight is 332 g/mol. The smallest absolute Gasteiger partial charge is 0.269 e. The van der Waals surface area contributed by atoms with Gasteiger partial charge in [-0.1, -0.05) is 51.9 Å². The molecule has 1 rings (SSSR count). The Labute approximate surface area is 144 Å². The summed E-state index contributed by atoms with van der Waals surface area (Å²) in [5, 5.41) is 13.4. The summed E-state index contributed by atoms with van der Waals surface area (Å²) in [7, 11) is 0. The van der Waals surface area contributed by atoms with Crippen LogP contribution in [-0.4, -0.2) is 17.4 Å². The topological polar surface area (TPSA) is 72.2 Å². The van der Waals surface area contributed by atoms with Gasteiger partial charge in [0.15, 0.2) is 0 Å². The van der Waals surface area contributed by atoms with E-state index in [9.17, 15) is 14.9 Å². The van der Waals surface area contributed by atoms with Crippen LogP contribution in [0.4, 0.5) is 5.69 Å². The largest absolute Gasteiger partial charge is 0.353 e. The van der Waals surface area contributed by atoms with Gasteiger partial charge in [0, 0.05) is 24.8 Å². The van der Waals surface area contributed by atoms with Gasteiger partial charge in [-0.15, -0.1) is 0 Å². The van der Waals surface area contributed by atoms with Crippen molar-refractivity contribution in [3.8, 4) is 0 Å². The average Bonchev–Trinajstić information content (AvgIpc) is 2.59. The third-order valence-electron chi connectivity index (χ3n) is 3.86. The number of hydrogen-bond acceptors (Lipinski definition) is 3. The molecular weight excluding hydrogens is 304 g/mol. The molecule has 0 spiro atoms. The Morgan fingerprint density at radius 3 is 2.21 bits per heavy atom. The zero-order valence-electron chi connectivity index (χ0n) is 14.5. The predicted molar refractivity (Wildman–Crippen MR) is 97.8 cm³/mol. The summed E-state index contributed by atoms with van der Waals surface area (Å²) >= 11 is 0. The van der Waals surface area contributed by atoms with Crippen LogP contribution in [0.3, 0.4) is 0 Å². The second-order valence-corrected chi connectivity index (χ2v) is 5.95. The van der Waals surface area contributed by atoms with Gasteiger partial charge in [0.1, 0.15) is 0 Å². The predicted octanol–water partition coefficient (Wildman–Crippen LogP) is 4.86. The highest BCUT2D eigenvalue weighted by Gasteiger charge is 2.02. The Bertz CT molecular complexity index is 524. The number of amides is 1. The van der Waals surface area contributed by atoms with Crippen molar-refractivity contribution >= 4 is 17.7 Å². The number of nitrogens with one attached hydrogen (secondary N) is 1. The maximum Gasteiger partial charge on any atom is 0.269 e. The van der Waals surface area contributed by atoms with E-state index in [1.807, 2.05) is 0 Å². The van der Waals surface area contributed by atoms with Crippen LogP contribution in [0.15, 0.2) is 30.3 Å². The molecule has 5 nitrogen and oxygen atoms in total. The highest BCUT2D eigenvalue weighted by atomic mass is 16.6. The third-order valence-corrected chi connectivity index (χ3v) is 3.86. The van der Waals surface area contributed by atoms with Gasteiger partial charge in [-0.2, -0.15) is 0 Å². The number of nitrogens with zero attached hydrogens (tertiary/aromatic N) is 1. The van der Waals surface area contributed by atoms with E-state index in [1.165, 1.54) is 56.7 Å². The summed E-state index contributed by atoms with van der Waals surface area (Å²) in [6, 6.07) is 6.11. The van der Waals surface area contributed by atoms with E-state index in [2.05, 4.69) is 12.2 Å². The number of non-ortho nitro benzene ring substituents is 1. The van der Waals surface area contributed by atoms with Gasteiger partial charge in [0.2, 0.25) is 5.91 Å². The fraction of sp³-hybridized carbons (Fsp3) is 0.526. The molecule has 0 heterocycles. The minimum Gasteiger partial charge on any atom is -0.353 e. The van der Waals surface area contributed by atoms with E-state index >= 15 is 0 Å². The molecular formula is C19H28N2O3. The number of carbonyl (C=O) groups excluding carboxylic acids is 1. The standard InChI is InChI=1S/C19H28N2O3/c1-2-3-4-5-6-7-8-9-16-20-19(22)15-12-17-10-13-18(14-11-17)21(23)24/h10-15H,2-9,16H2,1H3,(H,20,22)/b15-12+. The molecule has 5 heteroatoms. The lowest BCUT2D eigenvalue weighted by Gasteiger charge is -2.03. The molecule has 0 aliphatic heterocycles. The van der Waals surface area contributed by atoms with Crippen LogP contribution in [0.5, 0.6) is 0 Å². The molecule has 1 N–H and O–H groups in total. The number of hydrogen-bond donors (Lipinski definition) is 1. The molecule has 132 valence electrons. The minimum absolute atomic E-state index is 0.0475. The van der Waals surface area contributed by atoms with Crippen LogP contribution in [0.25, 0.3) is 6.08 Å². The van der Waals surface area contributed by atoms with Gasteiger partial charge in [-0.25, -0.2) is 0 Å². The molecule has 0 saturated heterocycles. The van der Waals surface area contributed by atoms with Crippen LogP contribution in [0, 0.1) is 10.1 Å². The Morgan fingerprint density at radius 2 is 1.62 bits per heavy atom. The van der Waals surface area contributed by atoms with Gasteiger partial charge in [0.05, 0.1) is 4.92 Å². The number of nitro groups is 1. The molecule has 1 aromatic rings. The number of benzene rings is 1. The molecule has 0 aromatic heterocycles. The molecule has 1 amide bonds. The number of carbonyl (C=O) groups is 1. The number of unbranched alkanes of at least 4 members (excludes halogenated alkanes) is 7. The fourth-order valence-electron chi connectivity index (χ4n) is 2.41. The van der Waals surface area contributed by atoms with Crippen molar-refractivity contribution in [3.05, 3.63) is 46.0 Å². The van der Waals surface area contributed by atoms with Crippen LogP contribution < -0.4 is 5.32 Å². The SMILES string of the molecule is CCCCCCCCCCNC(=O)/C=C/c1ccc([N+](=O)[O-])cc1. The molecule has 0 aliphatic rings. The Morgan fingerprint density at radius 1 is 1.04 bits per heavy atom. The first-order valence-corrected chi connectivity index (χ1v) is 8.84. The normalized spacial score (nSPS) is 10.9. The van der Waals surface area contributed by atoms with Crippen molar-refractivity contribution < 1.29 is 9.72 Å². The lowest BCUT2D eigenvalue weighted by molar-refractivity contribution is -0.384. The molecule has 24 heavy (non-hydrogen) atoms. The molecule has 1 aromatic carbocycles. The van der Waals surface area contributed by atoms with Gasteiger partial charge < -0.3 is 5.32 Å². The lowest BCUT2D eigenvalue weighted by Crippen LogP contribution is -2.21. The molecule has 0 aliphatic carbocycles. The molecule has 0 bridgehead atoms. The first kappa shape index (κ1) is 19.9. The Kier molecular flexibility index (Phi) is 10.2. The number of rotatable bonds is 12. The van der Waals surface area contributed by atoms with Crippen LogP contribution in [0.2, 0.25) is 0 Å². The van der Waals surface area contributed by atoms with E-state index in [0.29, 0.717) is 6.54 Å². The number of nitro benzene ring substituents is 1. The maximum absolute atomic E-state index is 11.7. The van der Waals surface area contributed by atoms with Crippen molar-refractivity contribution in [3.63, 3.8) is 0 Å². The van der Waals surface area contributed by atoms with Gasteiger partial charge >= 0.3 is 0 Å². The van der Waals surface area contributed by atoms with Gasteiger partial charge in [0.25, 0.3) is 5.69 Å². The monoisotopic (exact) mass is 332 g/mol. The van der Waals surface area contributed by atoms with Crippen LogP contribution in [-0.2, 0) is 4.79 Å². The van der Waals surface area contributed by atoms with Crippen LogP contribution in [0.1, 0.15) is 63.9 Å². The lowest BCUT2D eigenvalue weighted by atomic mass is 10.1. The zero-order chi connectivity index (χ0) is 17.6. The second-order valence-electron chi connectivity index (χ2n) is 5.95. The van der Waals surface area contributed by atoms with Crippen molar-refractivity contribution in [1.82, 2.24) is 5.32 Å². The molecule has 0 atom stereocenters. The highest BCUT2D eigenvalue weighted by molar-refractivity contribution is 5.91. The summed E-state index contributed by atoms with van der Waals surface area (Å²) in [5.74, 6) is -0.128. The Hall–Kier alpha value is -2.17. The summed E-state index contributed by atoms with van der Waals surface area (Å²) in [6.45, 7) is 2.91. The van der Waals surface area contributed by atoms with Crippen LogP contribution >= 0.6 is 0 Å². The fourth-order valence-corrected chi connectivity index (χ4v) is 2.41. The van der Waals surface area contributed by atoms with Crippen molar-refractivity contribution in [2.24, 2.45) is 0 Å². The van der Waals surface area contributed by atoms with E-state index < -0.39 is 4.92 Å². The second kappa shape index (κ2) is 12.3. The Balaban J connectivity index is 2.12. The maximum atomic E-state index is 11.7. The molecule has 0 unspecified atom stereocenters. The molecule has 0 fully saturated rings. The van der Waals surface area contributed by atoms with E-state index in [-0.39, 0.29) is 11.6 Å². The summed E-state index contributed by atoms with van der Waals surface area (Å²) in [5.41, 5.74) is 0.814. The first-order valence-electron chi connectivity index (χ1n) is 8.84. The first-order chi connectivity index (χ1) is 11.6. The van der Waals surface area contributed by atoms with Crippen molar-refractivity contribution in [2.45, 2.75) is 58.3 Å². The summed E-state index contributed by atoms with van der Waals surface area (Å²) in [6.07, 6.45) is 13.1. The zero-order valence-corrected chi connectivity index (χ0v) is 14.5. The van der Waals surface area contributed by atoms with Gasteiger partial charge in [-0.3, -0.25) is 14.9 Å². The van der Waals surface area contributed by atoms with Crippen molar-refractivity contribution in [1.29, 1.82) is 0 Å². The highest BCUT2D eigenvalue weighted by Crippen LogP contribution is 2.12. The third kappa shape index (κ3) is 9.08. The molecule has 0 radical (unpaired) electrons. The minimum atomic E-state index is -0.440. The van der Waals surface area contributed by atoms with E-state index in [0.717, 1.165) is 18.4 Å². The summed E-state index contributed by atoms with van der Waals surface area (Å²) in [4.78, 5) is 21.8. The summed E-state index contributed by atoms with van der Waals surface area (Å²) < 4.78 is 0. The van der Waals surface area contributed by atoms with E-state index in [1.54, 1.807) is 18.2 Å².